The normalized spacial score (nSPS) is 13.6. The summed E-state index contributed by atoms with van der Waals surface area (Å²) in [6, 6.07) is 6.99. The Morgan fingerprint density at radius 3 is 2.58 bits per heavy atom. The van der Waals surface area contributed by atoms with Gasteiger partial charge in [0.15, 0.2) is 11.0 Å². The van der Waals surface area contributed by atoms with Gasteiger partial charge in [-0.25, -0.2) is 0 Å². The van der Waals surface area contributed by atoms with E-state index >= 15 is 0 Å². The molecule has 11 heteroatoms. The molecule has 0 spiro atoms. The number of hydrogen-bond acceptors (Lipinski definition) is 7. The number of hydrogen-bond donors (Lipinski definition) is 3. The van der Waals surface area contributed by atoms with E-state index < -0.39 is 5.91 Å². The molecule has 36 heavy (non-hydrogen) atoms. The number of anilines is 1. The first kappa shape index (κ1) is 25.9. The highest BCUT2D eigenvalue weighted by molar-refractivity contribution is 7.99. The van der Waals surface area contributed by atoms with Crippen LogP contribution < -0.4 is 16.4 Å². The average Bonchev–Trinajstić information content (AvgIpc) is 3.43. The van der Waals surface area contributed by atoms with E-state index in [-0.39, 0.29) is 23.6 Å². The van der Waals surface area contributed by atoms with E-state index in [0.717, 1.165) is 41.7 Å². The first-order chi connectivity index (χ1) is 17.3. The van der Waals surface area contributed by atoms with Gasteiger partial charge in [0.1, 0.15) is 5.00 Å². The first-order valence-electron chi connectivity index (χ1n) is 12.0. The molecule has 2 aromatic heterocycles. The van der Waals surface area contributed by atoms with Crippen molar-refractivity contribution in [2.45, 2.75) is 64.2 Å². The first-order valence-corrected chi connectivity index (χ1v) is 13.8. The fourth-order valence-corrected chi connectivity index (χ4v) is 6.40. The third kappa shape index (κ3) is 5.62. The van der Waals surface area contributed by atoms with Crippen LogP contribution in [0.5, 0.6) is 0 Å². The molecule has 1 aliphatic carbocycles. The number of rotatable bonds is 9. The number of fused-ring (bicyclic) bond motifs is 1. The minimum Gasteiger partial charge on any atom is -0.365 e. The van der Waals surface area contributed by atoms with Crippen molar-refractivity contribution in [1.82, 2.24) is 20.1 Å². The molecule has 0 saturated carbocycles. The topological polar surface area (TPSA) is 132 Å². The zero-order valence-electron chi connectivity index (χ0n) is 20.6. The number of aryl methyl sites for hydroxylation is 2. The molecule has 0 bridgehead atoms. The van der Waals surface area contributed by atoms with Crippen LogP contribution in [0.3, 0.4) is 0 Å². The molecule has 3 amide bonds. The Morgan fingerprint density at radius 2 is 1.89 bits per heavy atom. The molecule has 3 aromatic rings. The number of carbonyl (C=O) groups excluding carboxylic acids is 3. The Morgan fingerprint density at radius 1 is 1.17 bits per heavy atom. The molecule has 190 valence electrons. The van der Waals surface area contributed by atoms with E-state index in [0.29, 0.717) is 33.7 Å². The maximum absolute atomic E-state index is 12.7. The van der Waals surface area contributed by atoms with Crippen molar-refractivity contribution >= 4 is 45.8 Å². The van der Waals surface area contributed by atoms with Crippen molar-refractivity contribution in [2.24, 2.45) is 5.73 Å². The monoisotopic (exact) mass is 526 g/mol. The minimum atomic E-state index is -0.505. The van der Waals surface area contributed by atoms with E-state index in [9.17, 15) is 14.4 Å². The highest BCUT2D eigenvalue weighted by atomic mass is 32.2. The van der Waals surface area contributed by atoms with Gasteiger partial charge in [-0.3, -0.25) is 14.4 Å². The van der Waals surface area contributed by atoms with Crippen LogP contribution in [0.15, 0.2) is 29.4 Å². The number of carbonyl (C=O) groups is 3. The summed E-state index contributed by atoms with van der Waals surface area (Å²) in [5, 5.41) is 15.5. The Hall–Kier alpha value is -3.18. The van der Waals surface area contributed by atoms with Crippen molar-refractivity contribution in [2.75, 3.05) is 11.1 Å². The number of amides is 3. The second-order valence-electron chi connectivity index (χ2n) is 8.76. The Labute approximate surface area is 218 Å². The molecule has 1 aromatic carbocycles. The molecule has 0 unspecified atom stereocenters. The van der Waals surface area contributed by atoms with Crippen LogP contribution in [0.1, 0.15) is 75.3 Å². The van der Waals surface area contributed by atoms with Crippen LogP contribution in [0.2, 0.25) is 0 Å². The average molecular weight is 527 g/mol. The Bertz CT molecular complexity index is 1280. The van der Waals surface area contributed by atoms with Crippen molar-refractivity contribution in [3.8, 4) is 0 Å². The van der Waals surface area contributed by atoms with Crippen LogP contribution in [-0.2, 0) is 24.2 Å². The highest BCUT2D eigenvalue weighted by Gasteiger charge is 2.25. The van der Waals surface area contributed by atoms with Gasteiger partial charge in [-0.2, -0.15) is 0 Å². The maximum Gasteiger partial charge on any atom is 0.251 e. The number of thioether (sulfide) groups is 1. The van der Waals surface area contributed by atoms with Crippen molar-refractivity contribution in [3.63, 3.8) is 0 Å². The van der Waals surface area contributed by atoms with E-state index in [1.165, 1.54) is 23.1 Å². The molecule has 4 N–H and O–H groups in total. The number of aromatic nitrogens is 3. The van der Waals surface area contributed by atoms with E-state index in [2.05, 4.69) is 20.8 Å². The highest BCUT2D eigenvalue weighted by Crippen LogP contribution is 2.38. The summed E-state index contributed by atoms with van der Waals surface area (Å²) < 4.78 is 1.89. The second kappa shape index (κ2) is 11.3. The lowest BCUT2D eigenvalue weighted by Gasteiger charge is -2.15. The molecule has 4 rings (SSSR count). The fourth-order valence-electron chi connectivity index (χ4n) is 4.28. The summed E-state index contributed by atoms with van der Waals surface area (Å²) in [6.07, 6.45) is 3.82. The number of primary amides is 1. The molecule has 0 saturated heterocycles. The van der Waals surface area contributed by atoms with Gasteiger partial charge in [0.25, 0.3) is 11.8 Å². The van der Waals surface area contributed by atoms with Crippen molar-refractivity contribution in [1.29, 1.82) is 0 Å². The lowest BCUT2D eigenvalue weighted by Crippen LogP contribution is -2.28. The predicted molar refractivity (Wildman–Crippen MR) is 142 cm³/mol. The zero-order chi connectivity index (χ0) is 25.8. The van der Waals surface area contributed by atoms with Gasteiger partial charge >= 0.3 is 0 Å². The van der Waals surface area contributed by atoms with Crippen molar-refractivity contribution < 1.29 is 14.4 Å². The molecular formula is C25H30N6O3S2. The van der Waals surface area contributed by atoms with Gasteiger partial charge in [-0.1, -0.05) is 29.5 Å². The fraction of sp³-hybridized carbons (Fsp3) is 0.400. The molecule has 2 heterocycles. The summed E-state index contributed by atoms with van der Waals surface area (Å²) >= 11 is 2.70. The van der Waals surface area contributed by atoms with Gasteiger partial charge in [-0.05, 0) is 64.2 Å². The number of nitrogens with two attached hydrogens (primary N) is 1. The van der Waals surface area contributed by atoms with Crippen molar-refractivity contribution in [3.05, 3.63) is 57.2 Å². The number of nitrogens with zero attached hydrogens (tertiary/aromatic N) is 3. The van der Waals surface area contributed by atoms with Gasteiger partial charge in [-0.15, -0.1) is 21.5 Å². The summed E-state index contributed by atoms with van der Waals surface area (Å²) in [5.41, 5.74) is 8.72. The number of thiophene rings is 1. The molecule has 0 fully saturated rings. The Kier molecular flexibility index (Phi) is 8.10. The SMILES string of the molecule is CCn1c(SCC(=O)Nc2sc3c(c2C(N)=O)CCCC3)nnc1[C@H](C)NC(=O)c1ccc(C)cc1. The van der Waals surface area contributed by atoms with Crippen LogP contribution in [0, 0.1) is 6.92 Å². The molecular weight excluding hydrogens is 496 g/mol. The lowest BCUT2D eigenvalue weighted by atomic mass is 9.95. The predicted octanol–water partition coefficient (Wildman–Crippen LogP) is 3.87. The number of nitrogens with one attached hydrogen (secondary N) is 2. The molecule has 1 aliphatic rings. The summed E-state index contributed by atoms with van der Waals surface area (Å²) in [6.45, 7) is 6.37. The quantitative estimate of drug-likeness (QED) is 0.363. The minimum absolute atomic E-state index is 0.100. The van der Waals surface area contributed by atoms with Crippen LogP contribution in [0.25, 0.3) is 0 Å². The van der Waals surface area contributed by atoms with E-state index in [1.54, 1.807) is 12.1 Å². The summed E-state index contributed by atoms with van der Waals surface area (Å²) in [5.74, 6) is -0.222. The summed E-state index contributed by atoms with van der Waals surface area (Å²) in [4.78, 5) is 38.6. The van der Waals surface area contributed by atoms with Gasteiger partial charge in [0.05, 0.1) is 17.4 Å². The van der Waals surface area contributed by atoms with Gasteiger partial charge in [0.2, 0.25) is 5.91 Å². The summed E-state index contributed by atoms with van der Waals surface area (Å²) in [7, 11) is 0. The van der Waals surface area contributed by atoms with Gasteiger partial charge < -0.3 is 20.9 Å². The lowest BCUT2D eigenvalue weighted by molar-refractivity contribution is -0.113. The smallest absolute Gasteiger partial charge is 0.251 e. The van der Waals surface area contributed by atoms with Crippen LogP contribution >= 0.6 is 23.1 Å². The van der Waals surface area contributed by atoms with E-state index in [4.69, 9.17) is 5.73 Å². The second-order valence-corrected chi connectivity index (χ2v) is 10.8. The Balaban J connectivity index is 1.40. The maximum atomic E-state index is 12.7. The van der Waals surface area contributed by atoms with Gasteiger partial charge in [0, 0.05) is 17.0 Å². The number of benzene rings is 1. The molecule has 0 radical (unpaired) electrons. The molecule has 0 aliphatic heterocycles. The molecule has 9 nitrogen and oxygen atoms in total. The zero-order valence-corrected chi connectivity index (χ0v) is 22.2. The third-order valence-electron chi connectivity index (χ3n) is 6.11. The van der Waals surface area contributed by atoms with E-state index in [1.807, 2.05) is 37.5 Å². The molecule has 1 atom stereocenters. The largest absolute Gasteiger partial charge is 0.365 e. The van der Waals surface area contributed by atoms with Crippen LogP contribution in [0.4, 0.5) is 5.00 Å². The van der Waals surface area contributed by atoms with Crippen LogP contribution in [-0.4, -0.2) is 38.2 Å². The standard InChI is InChI=1S/C25H30N6O3S2/c1-4-31-22(15(3)27-23(34)16-11-9-14(2)10-12-16)29-30-25(31)35-13-19(32)28-24-20(21(26)33)17-7-5-6-8-18(17)36-24/h9-12,15H,4-8,13H2,1-3H3,(H2,26,33)(H,27,34)(H,28,32)/t15-/m0/s1. The third-order valence-corrected chi connectivity index (χ3v) is 8.29.